The highest BCUT2D eigenvalue weighted by atomic mass is 32.1. The third-order valence-corrected chi connectivity index (χ3v) is 6.27. The first-order valence-electron chi connectivity index (χ1n) is 9.70. The first kappa shape index (κ1) is 18.4. The van der Waals surface area contributed by atoms with Gasteiger partial charge in [0.25, 0.3) is 5.56 Å². The van der Waals surface area contributed by atoms with Crippen LogP contribution in [-0.2, 0) is 0 Å². The molecule has 0 spiro atoms. The molecule has 2 aromatic rings. The molecule has 1 saturated heterocycles. The van der Waals surface area contributed by atoms with Crippen LogP contribution < -0.4 is 15.8 Å². The molecule has 3 unspecified atom stereocenters. The molecule has 0 radical (unpaired) electrons. The Morgan fingerprint density at radius 2 is 2.15 bits per heavy atom. The molecule has 1 saturated carbocycles. The Kier molecular flexibility index (Phi) is 5.40. The molecule has 2 N–H and O–H groups in total. The predicted molar refractivity (Wildman–Crippen MR) is 106 cm³/mol. The molecule has 3 atom stereocenters. The van der Waals surface area contributed by atoms with Crippen LogP contribution in [0.3, 0.4) is 0 Å². The molecule has 0 amide bonds. The predicted octanol–water partition coefficient (Wildman–Crippen LogP) is 1.96. The molecule has 1 aliphatic heterocycles. The van der Waals surface area contributed by atoms with Crippen LogP contribution in [0.25, 0.3) is 0 Å². The summed E-state index contributed by atoms with van der Waals surface area (Å²) in [6, 6.07) is 3.48. The smallest absolute Gasteiger partial charge is 0.267 e. The van der Waals surface area contributed by atoms with Crippen molar-refractivity contribution in [1.82, 2.24) is 19.1 Å². The number of anilines is 2. The Morgan fingerprint density at radius 1 is 1.26 bits per heavy atom. The topological polar surface area (TPSA) is 96.2 Å². The maximum atomic E-state index is 12.3. The van der Waals surface area contributed by atoms with Crippen LogP contribution in [0, 0.1) is 6.92 Å². The van der Waals surface area contributed by atoms with E-state index in [1.807, 2.05) is 13.0 Å². The summed E-state index contributed by atoms with van der Waals surface area (Å²) in [5.74, 6) is 1.60. The number of nitrogens with one attached hydrogen (secondary N) is 1. The van der Waals surface area contributed by atoms with Crippen molar-refractivity contribution in [2.75, 3.05) is 23.3 Å². The van der Waals surface area contributed by atoms with Crippen molar-refractivity contribution in [3.8, 4) is 0 Å². The summed E-state index contributed by atoms with van der Waals surface area (Å²) in [6.45, 7) is 3.57. The highest BCUT2D eigenvalue weighted by Crippen LogP contribution is 2.29. The number of aliphatic hydroxyl groups excluding tert-OH is 1. The highest BCUT2D eigenvalue weighted by molar-refractivity contribution is 7.09. The average Bonchev–Trinajstić information content (AvgIpc) is 3.29. The molecular formula is C18H26N6O2S. The SMILES string of the molecule is Cc1nsc(NCC2CCCCN2c2ccc(=O)n(C3CCCC3O)n2)n1. The fourth-order valence-electron chi connectivity index (χ4n) is 4.10. The van der Waals surface area contributed by atoms with Gasteiger partial charge in [-0.1, -0.05) is 0 Å². The first-order valence-corrected chi connectivity index (χ1v) is 10.5. The van der Waals surface area contributed by atoms with Crippen molar-refractivity contribution in [2.45, 2.75) is 63.6 Å². The number of aromatic nitrogens is 4. The van der Waals surface area contributed by atoms with E-state index in [1.165, 1.54) is 22.6 Å². The summed E-state index contributed by atoms with van der Waals surface area (Å²) in [4.78, 5) is 19.0. The van der Waals surface area contributed by atoms with Crippen LogP contribution in [-0.4, -0.2) is 49.5 Å². The molecule has 146 valence electrons. The Labute approximate surface area is 162 Å². The monoisotopic (exact) mass is 390 g/mol. The molecule has 8 nitrogen and oxygen atoms in total. The van der Waals surface area contributed by atoms with Crippen molar-refractivity contribution >= 4 is 22.5 Å². The number of aliphatic hydroxyl groups is 1. The second-order valence-corrected chi connectivity index (χ2v) is 8.16. The van der Waals surface area contributed by atoms with Gasteiger partial charge < -0.3 is 15.3 Å². The Morgan fingerprint density at radius 3 is 2.89 bits per heavy atom. The average molecular weight is 391 g/mol. The lowest BCUT2D eigenvalue weighted by Gasteiger charge is -2.37. The Hall–Kier alpha value is -2.00. The molecule has 4 rings (SSSR count). The molecule has 2 aliphatic rings. The van der Waals surface area contributed by atoms with Gasteiger partial charge in [-0.3, -0.25) is 4.79 Å². The molecule has 1 aliphatic carbocycles. The normalized spacial score (nSPS) is 25.7. The van der Waals surface area contributed by atoms with Gasteiger partial charge in [-0.05, 0) is 51.5 Å². The molecule has 0 bridgehead atoms. The lowest BCUT2D eigenvalue weighted by molar-refractivity contribution is 0.127. The Balaban J connectivity index is 1.53. The zero-order valence-corrected chi connectivity index (χ0v) is 16.4. The molecule has 9 heteroatoms. The number of hydrogen-bond acceptors (Lipinski definition) is 8. The zero-order chi connectivity index (χ0) is 18.8. The van der Waals surface area contributed by atoms with E-state index in [2.05, 4.69) is 24.7 Å². The van der Waals surface area contributed by atoms with E-state index in [0.717, 1.165) is 62.0 Å². The van der Waals surface area contributed by atoms with E-state index in [-0.39, 0.29) is 17.6 Å². The maximum absolute atomic E-state index is 12.3. The third kappa shape index (κ3) is 3.98. The van der Waals surface area contributed by atoms with Gasteiger partial charge in [-0.2, -0.15) is 9.47 Å². The fourth-order valence-corrected chi connectivity index (χ4v) is 4.68. The van der Waals surface area contributed by atoms with Crippen molar-refractivity contribution in [2.24, 2.45) is 0 Å². The third-order valence-electron chi connectivity index (χ3n) is 5.51. The summed E-state index contributed by atoms with van der Waals surface area (Å²) < 4.78 is 5.71. The van der Waals surface area contributed by atoms with Crippen LogP contribution in [0.4, 0.5) is 10.9 Å². The van der Waals surface area contributed by atoms with Crippen LogP contribution >= 0.6 is 11.5 Å². The first-order chi connectivity index (χ1) is 13.1. The molecule has 2 aromatic heterocycles. The van der Waals surface area contributed by atoms with Gasteiger partial charge in [0.05, 0.1) is 12.1 Å². The minimum atomic E-state index is -0.482. The number of hydrogen-bond donors (Lipinski definition) is 2. The van der Waals surface area contributed by atoms with Crippen LogP contribution in [0.5, 0.6) is 0 Å². The van der Waals surface area contributed by atoms with E-state index in [9.17, 15) is 9.90 Å². The largest absolute Gasteiger partial charge is 0.391 e. The summed E-state index contributed by atoms with van der Waals surface area (Å²) in [5, 5.41) is 19.1. The number of rotatable bonds is 5. The molecule has 2 fully saturated rings. The standard InChI is InChI=1S/C18H26N6O2S/c1-12-20-18(27-22-12)19-11-13-5-2-3-10-23(13)16-8-9-17(26)24(21-16)14-6-4-7-15(14)25/h8-9,13-15,25H,2-7,10-11H2,1H3,(H,19,20,22). The van der Waals surface area contributed by atoms with E-state index in [1.54, 1.807) is 6.07 Å². The van der Waals surface area contributed by atoms with Gasteiger partial charge >= 0.3 is 0 Å². The van der Waals surface area contributed by atoms with Crippen molar-refractivity contribution in [3.05, 3.63) is 28.3 Å². The second kappa shape index (κ2) is 7.93. The van der Waals surface area contributed by atoms with Crippen molar-refractivity contribution in [1.29, 1.82) is 0 Å². The van der Waals surface area contributed by atoms with Gasteiger partial charge in [0.15, 0.2) is 0 Å². The number of aryl methyl sites for hydroxylation is 1. The quantitative estimate of drug-likeness (QED) is 0.805. The minimum Gasteiger partial charge on any atom is -0.391 e. The summed E-state index contributed by atoms with van der Waals surface area (Å²) >= 11 is 1.38. The number of nitrogens with zero attached hydrogens (tertiary/aromatic N) is 5. The van der Waals surface area contributed by atoms with Crippen LogP contribution in [0.15, 0.2) is 16.9 Å². The van der Waals surface area contributed by atoms with E-state index in [4.69, 9.17) is 0 Å². The molecule has 0 aromatic carbocycles. The van der Waals surface area contributed by atoms with Gasteiger partial charge in [-0.25, -0.2) is 9.67 Å². The molecular weight excluding hydrogens is 364 g/mol. The van der Waals surface area contributed by atoms with Gasteiger partial charge in [0.2, 0.25) is 5.13 Å². The maximum Gasteiger partial charge on any atom is 0.267 e. The molecule has 3 heterocycles. The number of piperidine rings is 1. The van der Waals surface area contributed by atoms with Crippen molar-refractivity contribution < 1.29 is 5.11 Å². The van der Waals surface area contributed by atoms with Gasteiger partial charge in [0, 0.05) is 36.7 Å². The van der Waals surface area contributed by atoms with E-state index in [0.29, 0.717) is 0 Å². The fraction of sp³-hybridized carbons (Fsp3) is 0.667. The van der Waals surface area contributed by atoms with Gasteiger partial charge in [0.1, 0.15) is 11.6 Å². The minimum absolute atomic E-state index is 0.138. The van der Waals surface area contributed by atoms with Gasteiger partial charge in [-0.15, -0.1) is 0 Å². The van der Waals surface area contributed by atoms with E-state index < -0.39 is 6.10 Å². The van der Waals surface area contributed by atoms with Crippen molar-refractivity contribution in [3.63, 3.8) is 0 Å². The summed E-state index contributed by atoms with van der Waals surface area (Å²) in [6.07, 6.45) is 5.35. The van der Waals surface area contributed by atoms with E-state index >= 15 is 0 Å². The summed E-state index contributed by atoms with van der Waals surface area (Å²) in [5.41, 5.74) is -0.138. The summed E-state index contributed by atoms with van der Waals surface area (Å²) in [7, 11) is 0. The van der Waals surface area contributed by atoms with Crippen LogP contribution in [0.2, 0.25) is 0 Å². The zero-order valence-electron chi connectivity index (χ0n) is 15.5. The lowest BCUT2D eigenvalue weighted by atomic mass is 10.0. The highest BCUT2D eigenvalue weighted by Gasteiger charge is 2.30. The molecule has 27 heavy (non-hydrogen) atoms. The Bertz CT molecular complexity index is 837. The second-order valence-electron chi connectivity index (χ2n) is 7.41. The van der Waals surface area contributed by atoms with Crippen LogP contribution in [0.1, 0.15) is 50.4 Å². The lowest BCUT2D eigenvalue weighted by Crippen LogP contribution is -2.45.